The summed E-state index contributed by atoms with van der Waals surface area (Å²) in [5, 5.41) is 4.66. The van der Waals surface area contributed by atoms with Crippen molar-refractivity contribution in [2.45, 2.75) is 6.54 Å². The lowest BCUT2D eigenvalue weighted by Gasteiger charge is -2.13. The molecule has 3 aromatic heterocycles. The highest BCUT2D eigenvalue weighted by molar-refractivity contribution is 9.10. The summed E-state index contributed by atoms with van der Waals surface area (Å²) in [4.78, 5) is 19.4. The molecule has 3 rings (SSSR count). The average Bonchev–Trinajstić information content (AvgIpc) is 3.17. The van der Waals surface area contributed by atoms with E-state index >= 15 is 0 Å². The summed E-state index contributed by atoms with van der Waals surface area (Å²) >= 11 is 6.50. The van der Waals surface area contributed by atoms with Gasteiger partial charge in [-0.25, -0.2) is 4.98 Å². The number of aromatic nitrogens is 1. The van der Waals surface area contributed by atoms with Gasteiger partial charge in [0, 0.05) is 22.3 Å². The Bertz CT molecular complexity index is 749. The van der Waals surface area contributed by atoms with Gasteiger partial charge < -0.3 is 9.32 Å². The highest BCUT2D eigenvalue weighted by atomic mass is 79.9. The van der Waals surface area contributed by atoms with Crippen molar-refractivity contribution in [3.05, 3.63) is 51.1 Å². The number of rotatable bonds is 4. The molecule has 0 saturated carbocycles. The molecule has 0 radical (unpaired) electrons. The van der Waals surface area contributed by atoms with E-state index in [1.54, 1.807) is 34.9 Å². The molecule has 0 aliphatic heterocycles. The van der Waals surface area contributed by atoms with Crippen molar-refractivity contribution in [1.82, 2.24) is 9.88 Å². The Kier molecular flexibility index (Phi) is 4.23. The van der Waals surface area contributed by atoms with Crippen LogP contribution in [0.4, 0.5) is 0 Å². The zero-order valence-corrected chi connectivity index (χ0v) is 14.3. The Morgan fingerprint density at radius 1 is 1.43 bits per heavy atom. The number of carbonyl (C=O) groups excluding carboxylic acids is 1. The zero-order chi connectivity index (χ0) is 14.8. The van der Waals surface area contributed by atoms with Crippen molar-refractivity contribution in [3.63, 3.8) is 0 Å². The van der Waals surface area contributed by atoms with Gasteiger partial charge in [-0.3, -0.25) is 4.79 Å². The molecule has 3 aromatic rings. The van der Waals surface area contributed by atoms with Crippen molar-refractivity contribution in [2.24, 2.45) is 0 Å². The molecule has 0 atom stereocenters. The number of furan rings is 1. The molecule has 108 valence electrons. The van der Waals surface area contributed by atoms with Crippen LogP contribution in [0, 0.1) is 0 Å². The second-order valence-electron chi connectivity index (χ2n) is 4.41. The van der Waals surface area contributed by atoms with Gasteiger partial charge in [0.1, 0.15) is 16.5 Å². The molecular formula is C14H11BrN2O2S2. The van der Waals surface area contributed by atoms with E-state index in [9.17, 15) is 4.79 Å². The Morgan fingerprint density at radius 2 is 2.29 bits per heavy atom. The summed E-state index contributed by atoms with van der Waals surface area (Å²) in [7, 11) is 1.74. The number of thiazole rings is 1. The zero-order valence-electron chi connectivity index (χ0n) is 11.1. The third kappa shape index (κ3) is 3.25. The molecule has 1 amide bonds. The first-order valence-corrected chi connectivity index (χ1v) is 8.66. The molecule has 0 aliphatic rings. The fraction of sp³-hybridized carbons (Fsp3) is 0.143. The lowest BCUT2D eigenvalue weighted by molar-refractivity contribution is 0.0770. The summed E-state index contributed by atoms with van der Waals surface area (Å²) < 4.78 is 6.28. The maximum absolute atomic E-state index is 12.3. The number of thiophene rings is 1. The highest BCUT2D eigenvalue weighted by Crippen LogP contribution is 2.32. The summed E-state index contributed by atoms with van der Waals surface area (Å²) in [6.07, 6.45) is 1.60. The van der Waals surface area contributed by atoms with Gasteiger partial charge in [0.15, 0.2) is 0 Å². The Hall–Kier alpha value is -1.44. The molecular weight excluding hydrogens is 372 g/mol. The Morgan fingerprint density at radius 3 is 2.95 bits per heavy atom. The van der Waals surface area contributed by atoms with Gasteiger partial charge in [-0.05, 0) is 34.1 Å². The van der Waals surface area contributed by atoms with Crippen LogP contribution >= 0.6 is 38.6 Å². The molecule has 0 saturated heterocycles. The van der Waals surface area contributed by atoms with E-state index < -0.39 is 0 Å². The SMILES string of the molecule is CN(Cc1ccco1)C(=O)c1csc(-c2cc(Br)cs2)n1. The summed E-state index contributed by atoms with van der Waals surface area (Å²) in [6, 6.07) is 5.66. The third-order valence-electron chi connectivity index (χ3n) is 2.82. The van der Waals surface area contributed by atoms with Crippen LogP contribution in [0.2, 0.25) is 0 Å². The molecule has 0 aromatic carbocycles. The second-order valence-corrected chi connectivity index (χ2v) is 7.09. The van der Waals surface area contributed by atoms with E-state index in [1.165, 1.54) is 11.3 Å². The van der Waals surface area contributed by atoms with Crippen molar-refractivity contribution < 1.29 is 9.21 Å². The fourth-order valence-electron chi connectivity index (χ4n) is 1.81. The number of amides is 1. The third-order valence-corrected chi connectivity index (χ3v) is 5.52. The maximum Gasteiger partial charge on any atom is 0.273 e. The van der Waals surface area contributed by atoms with Crippen LogP contribution in [0.25, 0.3) is 9.88 Å². The van der Waals surface area contributed by atoms with Gasteiger partial charge >= 0.3 is 0 Å². The number of hydrogen-bond acceptors (Lipinski definition) is 5. The predicted molar refractivity (Wildman–Crippen MR) is 87.6 cm³/mol. The predicted octanol–water partition coefficient (Wildman–Crippen LogP) is 4.50. The van der Waals surface area contributed by atoms with Crippen molar-refractivity contribution in [2.75, 3.05) is 7.05 Å². The maximum atomic E-state index is 12.3. The van der Waals surface area contributed by atoms with Gasteiger partial charge in [-0.2, -0.15) is 0 Å². The first kappa shape index (κ1) is 14.5. The molecule has 7 heteroatoms. The molecule has 21 heavy (non-hydrogen) atoms. The second kappa shape index (κ2) is 6.13. The Labute approximate surface area is 138 Å². The molecule has 0 N–H and O–H groups in total. The molecule has 0 fully saturated rings. The van der Waals surface area contributed by atoms with Crippen LogP contribution < -0.4 is 0 Å². The molecule has 0 bridgehead atoms. The van der Waals surface area contributed by atoms with E-state index in [4.69, 9.17) is 4.42 Å². The van der Waals surface area contributed by atoms with E-state index in [1.807, 2.05) is 23.6 Å². The van der Waals surface area contributed by atoms with Crippen LogP contribution in [-0.4, -0.2) is 22.8 Å². The average molecular weight is 383 g/mol. The molecule has 0 aliphatic carbocycles. The fourth-order valence-corrected chi connectivity index (χ4v) is 4.12. The van der Waals surface area contributed by atoms with E-state index in [0.717, 1.165) is 20.1 Å². The van der Waals surface area contributed by atoms with Gasteiger partial charge in [-0.15, -0.1) is 22.7 Å². The van der Waals surface area contributed by atoms with Crippen LogP contribution in [-0.2, 0) is 6.54 Å². The minimum Gasteiger partial charge on any atom is -0.467 e. The van der Waals surface area contributed by atoms with Crippen LogP contribution in [0.15, 0.2) is 44.1 Å². The molecule has 0 unspecified atom stereocenters. The van der Waals surface area contributed by atoms with Gasteiger partial charge in [-0.1, -0.05) is 0 Å². The lowest BCUT2D eigenvalue weighted by atomic mass is 10.3. The van der Waals surface area contributed by atoms with Crippen molar-refractivity contribution >= 4 is 44.5 Å². The first-order chi connectivity index (χ1) is 10.1. The van der Waals surface area contributed by atoms with Crippen LogP contribution in [0.3, 0.4) is 0 Å². The monoisotopic (exact) mass is 382 g/mol. The van der Waals surface area contributed by atoms with Crippen LogP contribution in [0.1, 0.15) is 16.2 Å². The first-order valence-electron chi connectivity index (χ1n) is 6.11. The number of halogens is 1. The number of carbonyl (C=O) groups is 1. The highest BCUT2D eigenvalue weighted by Gasteiger charge is 2.17. The summed E-state index contributed by atoms with van der Waals surface area (Å²) in [5.74, 6) is 0.646. The van der Waals surface area contributed by atoms with Crippen LogP contribution in [0.5, 0.6) is 0 Å². The molecule has 0 spiro atoms. The van der Waals surface area contributed by atoms with Crippen molar-refractivity contribution in [1.29, 1.82) is 0 Å². The summed E-state index contributed by atoms with van der Waals surface area (Å²) in [6.45, 7) is 0.434. The normalized spacial score (nSPS) is 10.8. The van der Waals surface area contributed by atoms with Gasteiger partial charge in [0.2, 0.25) is 0 Å². The van der Waals surface area contributed by atoms with E-state index in [0.29, 0.717) is 12.2 Å². The van der Waals surface area contributed by atoms with E-state index in [-0.39, 0.29) is 5.91 Å². The number of nitrogens with zero attached hydrogens (tertiary/aromatic N) is 2. The quantitative estimate of drug-likeness (QED) is 0.667. The van der Waals surface area contributed by atoms with Gasteiger partial charge in [0.05, 0.1) is 17.7 Å². The van der Waals surface area contributed by atoms with Crippen molar-refractivity contribution in [3.8, 4) is 9.88 Å². The Balaban J connectivity index is 1.74. The largest absolute Gasteiger partial charge is 0.467 e. The topological polar surface area (TPSA) is 46.3 Å². The minimum atomic E-state index is -0.107. The molecule has 3 heterocycles. The molecule has 4 nitrogen and oxygen atoms in total. The lowest BCUT2D eigenvalue weighted by Crippen LogP contribution is -2.26. The summed E-state index contributed by atoms with van der Waals surface area (Å²) in [5.41, 5.74) is 0.466. The van der Waals surface area contributed by atoms with Gasteiger partial charge in [0.25, 0.3) is 5.91 Å². The minimum absolute atomic E-state index is 0.107. The smallest absolute Gasteiger partial charge is 0.273 e. The number of hydrogen-bond donors (Lipinski definition) is 0. The van der Waals surface area contributed by atoms with E-state index in [2.05, 4.69) is 20.9 Å². The standard InChI is InChI=1S/C14H11BrN2O2S2/c1-17(6-10-3-2-4-19-10)14(18)11-8-21-13(16-11)12-5-9(15)7-20-12/h2-5,7-8H,6H2,1H3.